The summed E-state index contributed by atoms with van der Waals surface area (Å²) in [5.41, 5.74) is 3.39. The molecule has 5 heteroatoms. The van der Waals surface area contributed by atoms with Crippen molar-refractivity contribution in [3.8, 4) is 5.75 Å². The Bertz CT molecular complexity index is 1250. The lowest BCUT2D eigenvalue weighted by molar-refractivity contribution is -0.132. The average Bonchev–Trinajstić information content (AvgIpc) is 2.89. The molecular weight excluding hydrogens is 422 g/mol. The number of carbonyl (C=O) groups is 1. The predicted molar refractivity (Wildman–Crippen MR) is 135 cm³/mol. The molecule has 5 nitrogen and oxygen atoms in total. The normalized spacial score (nSPS) is 14.3. The monoisotopic (exact) mass is 451 g/mol. The lowest BCUT2D eigenvalue weighted by atomic mass is 10.1. The van der Waals surface area contributed by atoms with E-state index in [9.17, 15) is 4.79 Å². The smallest absolute Gasteiger partial charge is 0.227 e. The number of rotatable bonds is 7. The van der Waals surface area contributed by atoms with Gasteiger partial charge in [-0.3, -0.25) is 14.7 Å². The molecule has 0 spiro atoms. The average molecular weight is 452 g/mol. The van der Waals surface area contributed by atoms with Gasteiger partial charge < -0.3 is 9.64 Å². The van der Waals surface area contributed by atoms with E-state index in [2.05, 4.69) is 70.5 Å². The first-order valence-corrected chi connectivity index (χ1v) is 11.8. The van der Waals surface area contributed by atoms with Crippen LogP contribution in [0.3, 0.4) is 0 Å². The molecule has 0 bridgehead atoms. The summed E-state index contributed by atoms with van der Waals surface area (Å²) in [6, 6.07) is 26.9. The van der Waals surface area contributed by atoms with Gasteiger partial charge in [-0.2, -0.15) is 0 Å². The number of ether oxygens (including phenoxy) is 1. The third-order valence-corrected chi connectivity index (χ3v) is 6.38. The minimum atomic E-state index is 0.177. The van der Waals surface area contributed by atoms with E-state index in [1.165, 1.54) is 21.9 Å². The minimum absolute atomic E-state index is 0.177. The third kappa shape index (κ3) is 5.43. The standard InChI is InChI=1S/C29H29N3O2/c33-29(19-23-7-5-13-30-20-23)32-16-14-31(15-17-32)21-24-6-3-11-27(18-24)34-22-26-10-4-9-25-8-1-2-12-28(25)26/h1-13,18,20H,14-17,19,21-22H2. The van der Waals surface area contributed by atoms with Gasteiger partial charge in [-0.15, -0.1) is 0 Å². The second kappa shape index (κ2) is 10.5. The summed E-state index contributed by atoms with van der Waals surface area (Å²) < 4.78 is 6.16. The molecule has 0 unspecified atom stereocenters. The van der Waals surface area contributed by atoms with Crippen LogP contribution in [-0.4, -0.2) is 46.9 Å². The van der Waals surface area contributed by atoms with Gasteiger partial charge in [0.2, 0.25) is 5.91 Å². The number of amides is 1. The van der Waals surface area contributed by atoms with Crippen molar-refractivity contribution in [2.75, 3.05) is 26.2 Å². The van der Waals surface area contributed by atoms with Gasteiger partial charge in [0, 0.05) is 45.1 Å². The van der Waals surface area contributed by atoms with Crippen molar-refractivity contribution in [1.29, 1.82) is 0 Å². The number of pyridine rings is 1. The molecule has 172 valence electrons. The van der Waals surface area contributed by atoms with Crippen LogP contribution >= 0.6 is 0 Å². The molecule has 1 amide bonds. The number of nitrogens with zero attached hydrogens (tertiary/aromatic N) is 3. The van der Waals surface area contributed by atoms with Crippen molar-refractivity contribution in [3.63, 3.8) is 0 Å². The van der Waals surface area contributed by atoms with Crippen LogP contribution in [0, 0.1) is 0 Å². The number of carbonyl (C=O) groups excluding carboxylic acids is 1. The van der Waals surface area contributed by atoms with Crippen molar-refractivity contribution in [2.45, 2.75) is 19.6 Å². The van der Waals surface area contributed by atoms with Crippen LogP contribution < -0.4 is 4.74 Å². The van der Waals surface area contributed by atoms with E-state index >= 15 is 0 Å². The zero-order valence-electron chi connectivity index (χ0n) is 19.3. The number of hydrogen-bond donors (Lipinski definition) is 0. The number of fused-ring (bicyclic) bond motifs is 1. The van der Waals surface area contributed by atoms with Gasteiger partial charge in [0.25, 0.3) is 0 Å². The molecule has 1 aliphatic heterocycles. The molecule has 0 saturated carbocycles. The first-order valence-electron chi connectivity index (χ1n) is 11.8. The van der Waals surface area contributed by atoms with Gasteiger partial charge in [-0.1, -0.05) is 60.7 Å². The fraction of sp³-hybridized carbons (Fsp3) is 0.241. The van der Waals surface area contributed by atoms with Crippen LogP contribution in [0.25, 0.3) is 10.8 Å². The third-order valence-electron chi connectivity index (χ3n) is 6.38. The molecule has 3 aromatic carbocycles. The highest BCUT2D eigenvalue weighted by Crippen LogP contribution is 2.22. The molecule has 2 heterocycles. The van der Waals surface area contributed by atoms with Crippen molar-refractivity contribution in [2.24, 2.45) is 0 Å². The second-order valence-corrected chi connectivity index (χ2v) is 8.77. The molecule has 5 rings (SSSR count). The van der Waals surface area contributed by atoms with Crippen molar-refractivity contribution in [3.05, 3.63) is 108 Å². The highest BCUT2D eigenvalue weighted by molar-refractivity contribution is 5.85. The van der Waals surface area contributed by atoms with Gasteiger partial charge in [-0.05, 0) is 45.7 Å². The van der Waals surface area contributed by atoms with Gasteiger partial charge in [0.15, 0.2) is 0 Å². The number of aromatic nitrogens is 1. The van der Waals surface area contributed by atoms with E-state index in [0.717, 1.165) is 44.0 Å². The maximum Gasteiger partial charge on any atom is 0.227 e. The summed E-state index contributed by atoms with van der Waals surface area (Å²) in [6.45, 7) is 4.67. The Morgan fingerprint density at radius 3 is 2.50 bits per heavy atom. The summed E-state index contributed by atoms with van der Waals surface area (Å²) in [5.74, 6) is 1.06. The van der Waals surface area contributed by atoms with Crippen LogP contribution in [0.15, 0.2) is 91.3 Å². The predicted octanol–water partition coefficient (Wildman–Crippen LogP) is 4.70. The van der Waals surface area contributed by atoms with Gasteiger partial charge in [-0.25, -0.2) is 0 Å². The second-order valence-electron chi connectivity index (χ2n) is 8.77. The number of benzene rings is 3. The molecule has 0 radical (unpaired) electrons. The molecule has 1 aromatic heterocycles. The van der Waals surface area contributed by atoms with E-state index in [1.807, 2.05) is 23.1 Å². The van der Waals surface area contributed by atoms with Gasteiger partial charge >= 0.3 is 0 Å². The van der Waals surface area contributed by atoms with Crippen molar-refractivity contribution >= 4 is 16.7 Å². The highest BCUT2D eigenvalue weighted by atomic mass is 16.5. The summed E-state index contributed by atoms with van der Waals surface area (Å²) in [7, 11) is 0. The Labute approximate surface area is 200 Å². The van der Waals surface area contributed by atoms with Crippen molar-refractivity contribution in [1.82, 2.24) is 14.8 Å². The molecule has 4 aromatic rings. The molecule has 1 aliphatic rings. The topological polar surface area (TPSA) is 45.7 Å². The van der Waals surface area contributed by atoms with Crippen LogP contribution in [0.1, 0.15) is 16.7 Å². The SMILES string of the molecule is O=C(Cc1cccnc1)N1CCN(Cc2cccc(OCc3cccc4ccccc34)c2)CC1. The lowest BCUT2D eigenvalue weighted by Gasteiger charge is -2.34. The number of hydrogen-bond acceptors (Lipinski definition) is 4. The van der Waals surface area contributed by atoms with Crippen LogP contribution in [0.5, 0.6) is 5.75 Å². The maximum atomic E-state index is 12.6. The van der Waals surface area contributed by atoms with Crippen LogP contribution in [-0.2, 0) is 24.4 Å². The Balaban J connectivity index is 1.14. The molecule has 0 N–H and O–H groups in total. The first-order chi connectivity index (χ1) is 16.7. The molecule has 0 atom stereocenters. The van der Waals surface area contributed by atoms with Gasteiger partial charge in [0.1, 0.15) is 12.4 Å². The highest BCUT2D eigenvalue weighted by Gasteiger charge is 2.21. The first kappa shape index (κ1) is 22.1. The Morgan fingerprint density at radius 2 is 1.65 bits per heavy atom. The molecule has 1 saturated heterocycles. The summed E-state index contributed by atoms with van der Waals surface area (Å²) >= 11 is 0. The van der Waals surface area contributed by atoms with E-state index < -0.39 is 0 Å². The molecular formula is C29H29N3O2. The lowest BCUT2D eigenvalue weighted by Crippen LogP contribution is -2.48. The van der Waals surface area contributed by atoms with Crippen molar-refractivity contribution < 1.29 is 9.53 Å². The molecule has 34 heavy (non-hydrogen) atoms. The fourth-order valence-electron chi connectivity index (χ4n) is 4.52. The fourth-order valence-corrected chi connectivity index (χ4v) is 4.52. The summed E-state index contributed by atoms with van der Waals surface area (Å²) in [6.07, 6.45) is 3.92. The Morgan fingerprint density at radius 1 is 0.853 bits per heavy atom. The molecule has 0 aliphatic carbocycles. The van der Waals surface area contributed by atoms with Gasteiger partial charge in [0.05, 0.1) is 6.42 Å². The quantitative estimate of drug-likeness (QED) is 0.409. The van der Waals surface area contributed by atoms with E-state index in [0.29, 0.717) is 13.0 Å². The van der Waals surface area contributed by atoms with E-state index in [1.54, 1.807) is 12.4 Å². The zero-order chi connectivity index (χ0) is 23.2. The Kier molecular flexibility index (Phi) is 6.82. The van der Waals surface area contributed by atoms with E-state index in [-0.39, 0.29) is 5.91 Å². The molecule has 1 fully saturated rings. The summed E-state index contributed by atoms with van der Waals surface area (Å²) in [4.78, 5) is 21.1. The number of piperazine rings is 1. The summed E-state index contributed by atoms with van der Waals surface area (Å²) in [5, 5.41) is 2.47. The largest absolute Gasteiger partial charge is 0.489 e. The Hall–Kier alpha value is -3.70. The zero-order valence-corrected chi connectivity index (χ0v) is 19.3. The minimum Gasteiger partial charge on any atom is -0.489 e. The van der Waals surface area contributed by atoms with Crippen LogP contribution in [0.4, 0.5) is 0 Å². The van der Waals surface area contributed by atoms with E-state index in [4.69, 9.17) is 4.74 Å². The van der Waals surface area contributed by atoms with Crippen LogP contribution in [0.2, 0.25) is 0 Å². The maximum absolute atomic E-state index is 12.6.